The highest BCUT2D eigenvalue weighted by Crippen LogP contribution is 2.01. The summed E-state index contributed by atoms with van der Waals surface area (Å²) in [4.78, 5) is 21.1. The van der Waals surface area contributed by atoms with Gasteiger partial charge in [-0.25, -0.2) is 0 Å². The van der Waals surface area contributed by atoms with Gasteiger partial charge in [-0.2, -0.15) is 0 Å². The number of rotatable bonds is 0. The third-order valence-electron chi connectivity index (χ3n) is 1.11. The fourth-order valence-corrected chi connectivity index (χ4v) is 0.563. The van der Waals surface area contributed by atoms with Gasteiger partial charge in [0.05, 0.1) is 6.26 Å². The summed E-state index contributed by atoms with van der Waals surface area (Å²) in [5.74, 6) is -0.953. The van der Waals surface area contributed by atoms with Crippen LogP contribution in [0.3, 0.4) is 0 Å². The molecule has 1 rings (SSSR count). The molecular formula is C6H6O3. The molecular weight excluding hydrogens is 120 g/mol. The lowest BCUT2D eigenvalue weighted by Crippen LogP contribution is -2.28. The van der Waals surface area contributed by atoms with Gasteiger partial charge in [0.25, 0.3) is 0 Å². The molecule has 1 atom stereocenters. The topological polar surface area (TPSA) is 43.4 Å². The fourth-order valence-electron chi connectivity index (χ4n) is 0.563. The monoisotopic (exact) mass is 126 g/mol. The zero-order valence-corrected chi connectivity index (χ0v) is 4.96. The van der Waals surface area contributed by atoms with Gasteiger partial charge in [-0.05, 0) is 6.92 Å². The molecule has 48 valence electrons. The summed E-state index contributed by atoms with van der Waals surface area (Å²) < 4.78 is 4.71. The second-order valence-electron chi connectivity index (χ2n) is 1.81. The number of allylic oxidation sites excluding steroid dienone is 1. The molecule has 0 radical (unpaired) electrons. The predicted molar refractivity (Wildman–Crippen MR) is 29.7 cm³/mol. The molecule has 0 aliphatic carbocycles. The van der Waals surface area contributed by atoms with Crippen LogP contribution in [0, 0.1) is 0 Å². The summed E-state index contributed by atoms with van der Waals surface area (Å²) in [7, 11) is 0. The van der Waals surface area contributed by atoms with Crippen molar-refractivity contribution in [2.75, 3.05) is 0 Å². The summed E-state index contributed by atoms with van der Waals surface area (Å²) in [5, 5.41) is 0. The Kier molecular flexibility index (Phi) is 1.34. The zero-order chi connectivity index (χ0) is 6.85. The molecule has 0 bridgehead atoms. The number of hydrogen-bond donors (Lipinski definition) is 0. The van der Waals surface area contributed by atoms with Crippen LogP contribution in [0.1, 0.15) is 6.92 Å². The molecule has 0 amide bonds. The lowest BCUT2D eigenvalue weighted by atomic mass is 10.1. The van der Waals surface area contributed by atoms with E-state index < -0.39 is 17.7 Å². The maximum atomic E-state index is 10.6. The van der Waals surface area contributed by atoms with E-state index in [4.69, 9.17) is 4.74 Å². The van der Waals surface area contributed by atoms with Gasteiger partial charge in [0.1, 0.15) is 0 Å². The standard InChI is InChI=1S/C6H6O3/c1-4-6(8)5(7)2-3-9-4/h2-4H,1H3/t4-/m1/s1. The first-order valence-corrected chi connectivity index (χ1v) is 2.62. The van der Waals surface area contributed by atoms with E-state index in [2.05, 4.69) is 0 Å². The van der Waals surface area contributed by atoms with Crippen LogP contribution in [0.2, 0.25) is 0 Å². The third kappa shape index (κ3) is 0.988. The van der Waals surface area contributed by atoms with Crippen LogP contribution in [0.15, 0.2) is 12.3 Å². The van der Waals surface area contributed by atoms with E-state index in [9.17, 15) is 9.59 Å². The van der Waals surface area contributed by atoms with Crippen molar-refractivity contribution in [1.29, 1.82) is 0 Å². The Morgan fingerprint density at radius 3 is 2.67 bits per heavy atom. The Balaban J connectivity index is 2.81. The zero-order valence-electron chi connectivity index (χ0n) is 4.96. The number of ketones is 2. The van der Waals surface area contributed by atoms with E-state index in [1.54, 1.807) is 6.92 Å². The van der Waals surface area contributed by atoms with Crippen molar-refractivity contribution >= 4 is 11.6 Å². The summed E-state index contributed by atoms with van der Waals surface area (Å²) in [6.07, 6.45) is 1.78. The lowest BCUT2D eigenvalue weighted by Gasteiger charge is -2.10. The van der Waals surface area contributed by atoms with Gasteiger partial charge in [0.15, 0.2) is 6.10 Å². The van der Waals surface area contributed by atoms with Crippen molar-refractivity contribution in [1.82, 2.24) is 0 Å². The molecule has 0 aromatic rings. The first kappa shape index (κ1) is 6.01. The minimum Gasteiger partial charge on any atom is -0.490 e. The largest absolute Gasteiger partial charge is 0.490 e. The minimum absolute atomic E-state index is 0.475. The lowest BCUT2D eigenvalue weighted by molar-refractivity contribution is -0.140. The summed E-state index contributed by atoms with van der Waals surface area (Å²) in [5.41, 5.74) is 0. The molecule has 1 heterocycles. The first-order valence-electron chi connectivity index (χ1n) is 2.62. The average Bonchev–Trinajstić information content (AvgIpc) is 1.83. The molecule has 0 N–H and O–H groups in total. The number of Topliss-reactive ketones (excluding diaryl/α,β-unsaturated/α-hetero) is 1. The second kappa shape index (κ2) is 2.01. The summed E-state index contributed by atoms with van der Waals surface area (Å²) in [6.45, 7) is 1.55. The maximum Gasteiger partial charge on any atom is 0.242 e. The highest BCUT2D eigenvalue weighted by molar-refractivity contribution is 6.43. The fraction of sp³-hybridized carbons (Fsp3) is 0.333. The van der Waals surface area contributed by atoms with Crippen LogP contribution in [0.5, 0.6) is 0 Å². The van der Waals surface area contributed by atoms with Crippen molar-refractivity contribution in [3.63, 3.8) is 0 Å². The van der Waals surface area contributed by atoms with Gasteiger partial charge < -0.3 is 4.74 Å². The molecule has 3 nitrogen and oxygen atoms in total. The Hall–Kier alpha value is -1.12. The smallest absolute Gasteiger partial charge is 0.242 e. The Morgan fingerprint density at radius 1 is 1.56 bits per heavy atom. The van der Waals surface area contributed by atoms with Gasteiger partial charge in [-0.15, -0.1) is 0 Å². The van der Waals surface area contributed by atoms with Crippen molar-refractivity contribution in [3.8, 4) is 0 Å². The number of ether oxygens (including phenoxy) is 1. The number of carbonyl (C=O) groups is 2. The van der Waals surface area contributed by atoms with Crippen LogP contribution >= 0.6 is 0 Å². The highest BCUT2D eigenvalue weighted by atomic mass is 16.5. The van der Waals surface area contributed by atoms with Crippen LogP contribution in [0.25, 0.3) is 0 Å². The Morgan fingerprint density at radius 2 is 2.22 bits per heavy atom. The molecule has 0 spiro atoms. The quantitative estimate of drug-likeness (QED) is 0.431. The SMILES string of the molecule is C[C@H]1OC=CC(=O)C1=O. The van der Waals surface area contributed by atoms with Gasteiger partial charge >= 0.3 is 0 Å². The van der Waals surface area contributed by atoms with Crippen molar-refractivity contribution in [2.24, 2.45) is 0 Å². The Labute approximate surface area is 52.3 Å². The van der Waals surface area contributed by atoms with E-state index in [1.807, 2.05) is 0 Å². The highest BCUT2D eigenvalue weighted by Gasteiger charge is 2.22. The van der Waals surface area contributed by atoms with Crippen LogP contribution in [-0.4, -0.2) is 17.7 Å². The van der Waals surface area contributed by atoms with Crippen molar-refractivity contribution in [3.05, 3.63) is 12.3 Å². The molecule has 0 saturated heterocycles. The average molecular weight is 126 g/mol. The molecule has 1 aliphatic heterocycles. The second-order valence-corrected chi connectivity index (χ2v) is 1.81. The molecule has 0 saturated carbocycles. The molecule has 1 aliphatic rings. The van der Waals surface area contributed by atoms with Gasteiger partial charge in [-0.3, -0.25) is 9.59 Å². The van der Waals surface area contributed by atoms with Crippen molar-refractivity contribution in [2.45, 2.75) is 13.0 Å². The Bertz CT molecular complexity index is 181. The normalized spacial score (nSPS) is 26.1. The van der Waals surface area contributed by atoms with Gasteiger partial charge in [-0.1, -0.05) is 0 Å². The third-order valence-corrected chi connectivity index (χ3v) is 1.11. The van der Waals surface area contributed by atoms with Crippen LogP contribution in [-0.2, 0) is 14.3 Å². The van der Waals surface area contributed by atoms with E-state index in [0.29, 0.717) is 0 Å². The molecule has 0 aromatic carbocycles. The van der Waals surface area contributed by atoms with E-state index >= 15 is 0 Å². The molecule has 3 heteroatoms. The number of hydrogen-bond acceptors (Lipinski definition) is 3. The van der Waals surface area contributed by atoms with E-state index in [1.165, 1.54) is 6.26 Å². The predicted octanol–water partition coefficient (Wildman–Crippen LogP) is 0.0570. The number of carbonyl (C=O) groups excluding carboxylic acids is 2. The molecule has 0 unspecified atom stereocenters. The summed E-state index contributed by atoms with van der Waals surface area (Å²) >= 11 is 0. The minimum atomic E-state index is -0.595. The van der Waals surface area contributed by atoms with Crippen molar-refractivity contribution < 1.29 is 14.3 Å². The molecule has 9 heavy (non-hydrogen) atoms. The van der Waals surface area contributed by atoms with Crippen LogP contribution < -0.4 is 0 Å². The first-order chi connectivity index (χ1) is 4.22. The van der Waals surface area contributed by atoms with Crippen LogP contribution in [0.4, 0.5) is 0 Å². The van der Waals surface area contributed by atoms with Gasteiger partial charge in [0, 0.05) is 6.08 Å². The van der Waals surface area contributed by atoms with E-state index in [0.717, 1.165) is 6.08 Å². The maximum absolute atomic E-state index is 10.6. The molecule has 0 aromatic heterocycles. The van der Waals surface area contributed by atoms with E-state index in [-0.39, 0.29) is 0 Å². The molecule has 0 fully saturated rings. The van der Waals surface area contributed by atoms with Gasteiger partial charge in [0.2, 0.25) is 11.6 Å². The summed E-state index contributed by atoms with van der Waals surface area (Å²) in [6, 6.07) is 0.